The van der Waals surface area contributed by atoms with Crippen molar-refractivity contribution in [1.82, 2.24) is 10.9 Å². The van der Waals surface area contributed by atoms with E-state index in [0.29, 0.717) is 5.75 Å². The van der Waals surface area contributed by atoms with Crippen LogP contribution in [0.1, 0.15) is 21.5 Å². The zero-order chi connectivity index (χ0) is 23.1. The molecule has 0 atom stereocenters. The predicted molar refractivity (Wildman–Crippen MR) is 121 cm³/mol. The highest BCUT2D eigenvalue weighted by atomic mass is 32.2. The SMILES string of the molecule is COc1ccccc1NS(=O)(=O)c1cccc(C(=O)NNC(=O)Cc2ccc(C)cc2)c1. The number of ether oxygens (including phenoxy) is 1. The van der Waals surface area contributed by atoms with Gasteiger partial charge in [-0.25, -0.2) is 8.42 Å². The first-order chi connectivity index (χ1) is 15.3. The van der Waals surface area contributed by atoms with Crippen LogP contribution in [0.25, 0.3) is 0 Å². The quantitative estimate of drug-likeness (QED) is 0.476. The van der Waals surface area contributed by atoms with E-state index in [-0.39, 0.29) is 22.6 Å². The molecule has 8 nitrogen and oxygen atoms in total. The summed E-state index contributed by atoms with van der Waals surface area (Å²) in [5, 5.41) is 0. The number of carbonyl (C=O) groups is 2. The van der Waals surface area contributed by atoms with Crippen LogP contribution in [0.3, 0.4) is 0 Å². The molecular weight excluding hydrogens is 430 g/mol. The van der Waals surface area contributed by atoms with Crippen molar-refractivity contribution in [2.45, 2.75) is 18.2 Å². The maximum atomic E-state index is 12.8. The van der Waals surface area contributed by atoms with Crippen LogP contribution in [0.15, 0.2) is 77.7 Å². The van der Waals surface area contributed by atoms with Gasteiger partial charge in [0.2, 0.25) is 5.91 Å². The third kappa shape index (κ3) is 5.86. The van der Waals surface area contributed by atoms with Gasteiger partial charge in [0, 0.05) is 5.56 Å². The number of hydrogen-bond acceptors (Lipinski definition) is 5. The monoisotopic (exact) mass is 453 g/mol. The molecule has 9 heteroatoms. The molecule has 0 fully saturated rings. The van der Waals surface area contributed by atoms with Crippen LogP contribution in [0.5, 0.6) is 5.75 Å². The number of rotatable bonds is 7. The Hall–Kier alpha value is -3.85. The van der Waals surface area contributed by atoms with Crippen LogP contribution in [0.2, 0.25) is 0 Å². The van der Waals surface area contributed by atoms with Gasteiger partial charge in [-0.1, -0.05) is 48.0 Å². The number of hydrogen-bond donors (Lipinski definition) is 3. The second kappa shape index (κ2) is 9.97. The Kier molecular flexibility index (Phi) is 7.11. The molecule has 0 saturated heterocycles. The minimum atomic E-state index is -3.97. The summed E-state index contributed by atoms with van der Waals surface area (Å²) in [5.74, 6) is -0.679. The Bertz CT molecular complexity index is 1220. The highest BCUT2D eigenvalue weighted by Crippen LogP contribution is 2.26. The molecule has 3 N–H and O–H groups in total. The first-order valence-electron chi connectivity index (χ1n) is 9.69. The standard InChI is InChI=1S/C23H23N3O5S/c1-16-10-12-17(13-11-16)14-22(27)24-25-23(28)18-6-5-7-19(15-18)32(29,30)26-20-8-3-4-9-21(20)31-2/h3-13,15,26H,14H2,1-2H3,(H,24,27)(H,25,28). The van der Waals surface area contributed by atoms with Gasteiger partial charge in [0.15, 0.2) is 0 Å². The number of carbonyl (C=O) groups excluding carboxylic acids is 2. The first-order valence-corrected chi connectivity index (χ1v) is 11.2. The van der Waals surface area contributed by atoms with Crippen LogP contribution in [-0.2, 0) is 21.2 Å². The Balaban J connectivity index is 1.66. The van der Waals surface area contributed by atoms with E-state index in [1.54, 1.807) is 24.3 Å². The van der Waals surface area contributed by atoms with E-state index in [4.69, 9.17) is 4.74 Å². The van der Waals surface area contributed by atoms with Crippen molar-refractivity contribution in [3.8, 4) is 5.75 Å². The number of amides is 2. The minimum Gasteiger partial charge on any atom is -0.495 e. The lowest BCUT2D eigenvalue weighted by Gasteiger charge is -2.12. The molecule has 2 amide bonds. The van der Waals surface area contributed by atoms with Crippen molar-refractivity contribution in [3.63, 3.8) is 0 Å². The molecule has 166 valence electrons. The van der Waals surface area contributed by atoms with Crippen molar-refractivity contribution in [1.29, 1.82) is 0 Å². The van der Waals surface area contributed by atoms with Crippen molar-refractivity contribution < 1.29 is 22.7 Å². The van der Waals surface area contributed by atoms with E-state index in [9.17, 15) is 18.0 Å². The van der Waals surface area contributed by atoms with Crippen LogP contribution in [0, 0.1) is 6.92 Å². The second-order valence-corrected chi connectivity index (χ2v) is 8.68. The second-order valence-electron chi connectivity index (χ2n) is 7.00. The summed E-state index contributed by atoms with van der Waals surface area (Å²) in [6.45, 7) is 1.95. The molecule has 32 heavy (non-hydrogen) atoms. The van der Waals surface area contributed by atoms with Crippen LogP contribution in [-0.4, -0.2) is 27.3 Å². The van der Waals surface area contributed by atoms with Gasteiger partial charge in [0.25, 0.3) is 15.9 Å². The summed E-state index contributed by atoms with van der Waals surface area (Å²) in [4.78, 5) is 24.4. The molecule has 0 saturated carbocycles. The molecule has 3 aromatic carbocycles. The van der Waals surface area contributed by atoms with Crippen LogP contribution in [0.4, 0.5) is 5.69 Å². The number of aryl methyl sites for hydroxylation is 1. The molecule has 0 aliphatic carbocycles. The number of methoxy groups -OCH3 is 1. The van der Waals surface area contributed by atoms with Gasteiger partial charge in [-0.05, 0) is 42.8 Å². The third-order valence-corrected chi connectivity index (χ3v) is 5.92. The third-order valence-electron chi connectivity index (χ3n) is 4.56. The number of sulfonamides is 1. The average molecular weight is 454 g/mol. The molecular formula is C23H23N3O5S. The zero-order valence-electron chi connectivity index (χ0n) is 17.6. The van der Waals surface area contributed by atoms with Gasteiger partial charge in [0.05, 0.1) is 24.1 Å². The van der Waals surface area contributed by atoms with E-state index in [1.165, 1.54) is 31.4 Å². The summed E-state index contributed by atoms with van der Waals surface area (Å²) >= 11 is 0. The van der Waals surface area contributed by atoms with Crippen molar-refractivity contribution in [2.24, 2.45) is 0 Å². The zero-order valence-corrected chi connectivity index (χ0v) is 18.4. The molecule has 3 rings (SSSR count). The summed E-state index contributed by atoms with van der Waals surface area (Å²) in [6, 6.07) is 19.5. The maximum absolute atomic E-state index is 12.8. The Morgan fingerprint density at radius 1 is 0.906 bits per heavy atom. The summed E-state index contributed by atoms with van der Waals surface area (Å²) in [6.07, 6.45) is 0.0950. The van der Waals surface area contributed by atoms with Crippen molar-refractivity contribution in [3.05, 3.63) is 89.5 Å². The van der Waals surface area contributed by atoms with E-state index in [1.807, 2.05) is 31.2 Å². The number of para-hydroxylation sites is 2. The first kappa shape index (κ1) is 22.8. The van der Waals surface area contributed by atoms with E-state index >= 15 is 0 Å². The summed E-state index contributed by atoms with van der Waals surface area (Å²) in [5.41, 5.74) is 6.87. The molecule has 0 aromatic heterocycles. The predicted octanol–water partition coefficient (Wildman–Crippen LogP) is 2.81. The van der Waals surface area contributed by atoms with Gasteiger partial charge in [-0.2, -0.15) is 0 Å². The summed E-state index contributed by atoms with van der Waals surface area (Å²) < 4.78 is 33.1. The maximum Gasteiger partial charge on any atom is 0.269 e. The minimum absolute atomic E-state index is 0.0727. The van der Waals surface area contributed by atoms with Crippen LogP contribution < -0.4 is 20.3 Å². The highest BCUT2D eigenvalue weighted by molar-refractivity contribution is 7.92. The lowest BCUT2D eigenvalue weighted by Crippen LogP contribution is -2.42. The molecule has 0 bridgehead atoms. The molecule has 0 radical (unpaired) electrons. The fourth-order valence-corrected chi connectivity index (χ4v) is 3.99. The van der Waals surface area contributed by atoms with Gasteiger partial charge >= 0.3 is 0 Å². The van der Waals surface area contributed by atoms with Crippen molar-refractivity contribution in [2.75, 3.05) is 11.8 Å². The van der Waals surface area contributed by atoms with Gasteiger partial charge in [-0.15, -0.1) is 0 Å². The number of anilines is 1. The largest absolute Gasteiger partial charge is 0.495 e. The lowest BCUT2D eigenvalue weighted by atomic mass is 10.1. The van der Waals surface area contributed by atoms with Gasteiger partial charge < -0.3 is 4.74 Å². The van der Waals surface area contributed by atoms with E-state index in [2.05, 4.69) is 15.6 Å². The Labute approximate surface area is 186 Å². The van der Waals surface area contributed by atoms with Gasteiger partial charge in [0.1, 0.15) is 5.75 Å². The van der Waals surface area contributed by atoms with Gasteiger partial charge in [-0.3, -0.25) is 25.2 Å². The smallest absolute Gasteiger partial charge is 0.269 e. The summed E-state index contributed by atoms with van der Waals surface area (Å²) in [7, 11) is -2.54. The lowest BCUT2D eigenvalue weighted by molar-refractivity contribution is -0.121. The normalized spacial score (nSPS) is 10.8. The number of benzene rings is 3. The molecule has 3 aromatic rings. The molecule has 0 spiro atoms. The molecule has 0 unspecified atom stereocenters. The highest BCUT2D eigenvalue weighted by Gasteiger charge is 2.18. The fraction of sp³-hybridized carbons (Fsp3) is 0.130. The van der Waals surface area contributed by atoms with E-state index < -0.39 is 21.8 Å². The number of nitrogens with one attached hydrogen (secondary N) is 3. The molecule has 0 aliphatic rings. The Morgan fingerprint density at radius 2 is 1.62 bits per heavy atom. The molecule has 0 aliphatic heterocycles. The average Bonchev–Trinajstić information content (AvgIpc) is 2.79. The Morgan fingerprint density at radius 3 is 2.34 bits per heavy atom. The van der Waals surface area contributed by atoms with Crippen molar-refractivity contribution >= 4 is 27.5 Å². The number of hydrazine groups is 1. The van der Waals surface area contributed by atoms with E-state index in [0.717, 1.165) is 11.1 Å². The topological polar surface area (TPSA) is 114 Å². The fourth-order valence-electron chi connectivity index (χ4n) is 2.87. The molecule has 0 heterocycles. The van der Waals surface area contributed by atoms with Crippen LogP contribution >= 0.6 is 0 Å².